The number of nitrogens with zero attached hydrogens (tertiary/aromatic N) is 3. The van der Waals surface area contributed by atoms with E-state index in [0.717, 1.165) is 57.6 Å². The number of carboxylic acids is 1. The van der Waals surface area contributed by atoms with Crippen molar-refractivity contribution in [3.8, 4) is 27.5 Å². The number of benzene rings is 3. The molecule has 0 aliphatic heterocycles. The molecule has 6 rings (SSSR count). The molecule has 5 N–H and O–H groups in total. The number of hydrogen-bond acceptors (Lipinski definition) is 7. The molecule has 0 unspecified atom stereocenters. The fourth-order valence-electron chi connectivity index (χ4n) is 5.04. The number of carboxylic acid groups (broad SMARTS) is 1. The number of carbonyl (C=O) groups is 1. The molecule has 5 aromatic rings. The lowest BCUT2D eigenvalue weighted by Gasteiger charge is -2.11. The van der Waals surface area contributed by atoms with Gasteiger partial charge >= 0.3 is 5.97 Å². The third kappa shape index (κ3) is 5.39. The molecule has 1 saturated carbocycles. The number of rotatable bonds is 8. The fourth-order valence-corrected chi connectivity index (χ4v) is 6.32. The molecule has 0 spiro atoms. The number of anilines is 1. The molecule has 9 nitrogen and oxygen atoms in total. The number of primary sulfonamides is 1. The van der Waals surface area contributed by atoms with E-state index in [0.29, 0.717) is 17.2 Å². The minimum Gasteiger partial charge on any atom is -0.476 e. The van der Waals surface area contributed by atoms with Crippen LogP contribution >= 0.6 is 11.3 Å². The van der Waals surface area contributed by atoms with Crippen LogP contribution in [-0.4, -0.2) is 34.3 Å². The molecule has 1 aliphatic carbocycles. The third-order valence-corrected chi connectivity index (χ3v) is 8.97. The predicted molar refractivity (Wildman–Crippen MR) is 159 cm³/mol. The molecule has 0 radical (unpaired) electrons. The van der Waals surface area contributed by atoms with Crippen LogP contribution in [0.25, 0.3) is 27.5 Å². The Bertz CT molecular complexity index is 1910. The summed E-state index contributed by atoms with van der Waals surface area (Å²) in [6, 6.07) is 20.5. The standard InChI is InChI=1S/C30H27N5O4S2/c1-17-5-8-21(15-24(17)20-3-2-4-22(31)14-20)27-25(13-18-6-11-23(12-7-18)41(32,38)39)28(19-9-10-19)35(34-27)30-33-26(16-40-30)29(36)37/h2-8,11-12,14-16,19H,9-10,13,31H2,1H3,(H,36,37)(H2,32,38,39). The van der Waals surface area contributed by atoms with E-state index in [-0.39, 0.29) is 16.5 Å². The topological polar surface area (TPSA) is 154 Å². The highest BCUT2D eigenvalue weighted by Crippen LogP contribution is 2.46. The number of nitrogens with two attached hydrogens (primary N) is 2. The molecular formula is C30H27N5O4S2. The first-order chi connectivity index (χ1) is 19.6. The zero-order valence-electron chi connectivity index (χ0n) is 22.1. The summed E-state index contributed by atoms with van der Waals surface area (Å²) in [6.07, 6.45) is 2.47. The molecule has 2 heterocycles. The van der Waals surface area contributed by atoms with Crippen LogP contribution in [0, 0.1) is 6.92 Å². The highest BCUT2D eigenvalue weighted by atomic mass is 32.2. The number of aromatic carboxylic acids is 1. The summed E-state index contributed by atoms with van der Waals surface area (Å²) in [7, 11) is -3.81. The summed E-state index contributed by atoms with van der Waals surface area (Å²) in [5, 5.41) is 21.9. The van der Waals surface area contributed by atoms with Crippen molar-refractivity contribution in [2.24, 2.45) is 5.14 Å². The van der Waals surface area contributed by atoms with Crippen molar-refractivity contribution in [2.45, 2.75) is 37.0 Å². The molecule has 1 aliphatic rings. The van der Waals surface area contributed by atoms with Gasteiger partial charge in [0.15, 0.2) is 5.69 Å². The minimum atomic E-state index is -3.81. The summed E-state index contributed by atoms with van der Waals surface area (Å²) >= 11 is 1.24. The van der Waals surface area contributed by atoms with Crippen molar-refractivity contribution in [2.75, 3.05) is 5.73 Å². The van der Waals surface area contributed by atoms with Crippen LogP contribution in [0.5, 0.6) is 0 Å². The Morgan fingerprint density at radius 2 is 1.83 bits per heavy atom. The zero-order valence-corrected chi connectivity index (χ0v) is 23.7. The molecule has 0 saturated heterocycles. The number of sulfonamides is 1. The Hall–Kier alpha value is -4.32. The lowest BCUT2D eigenvalue weighted by atomic mass is 9.93. The van der Waals surface area contributed by atoms with Gasteiger partial charge in [0.25, 0.3) is 0 Å². The van der Waals surface area contributed by atoms with E-state index < -0.39 is 16.0 Å². The predicted octanol–water partition coefficient (Wildman–Crippen LogP) is 5.37. The lowest BCUT2D eigenvalue weighted by molar-refractivity contribution is 0.0691. The van der Waals surface area contributed by atoms with Crippen molar-refractivity contribution >= 4 is 33.0 Å². The Labute approximate surface area is 241 Å². The SMILES string of the molecule is Cc1ccc(-c2nn(-c3nc(C(=O)O)cs3)c(C3CC3)c2Cc2ccc(S(N)(=O)=O)cc2)cc1-c1cccc(N)c1. The smallest absolute Gasteiger partial charge is 0.355 e. The van der Waals surface area contributed by atoms with Gasteiger partial charge in [-0.15, -0.1) is 11.3 Å². The van der Waals surface area contributed by atoms with Gasteiger partial charge in [0, 0.05) is 34.5 Å². The monoisotopic (exact) mass is 585 g/mol. The quantitative estimate of drug-likeness (QED) is 0.207. The maximum Gasteiger partial charge on any atom is 0.355 e. The van der Waals surface area contributed by atoms with Gasteiger partial charge in [-0.2, -0.15) is 5.10 Å². The molecule has 208 valence electrons. The summed E-state index contributed by atoms with van der Waals surface area (Å²) in [6.45, 7) is 2.05. The Kier molecular flexibility index (Phi) is 6.72. The van der Waals surface area contributed by atoms with Crippen molar-refractivity contribution in [3.05, 3.63) is 100 Å². The van der Waals surface area contributed by atoms with E-state index in [2.05, 4.69) is 17.1 Å². The van der Waals surface area contributed by atoms with Gasteiger partial charge in [-0.3, -0.25) is 0 Å². The van der Waals surface area contributed by atoms with Crippen molar-refractivity contribution < 1.29 is 18.3 Å². The maximum atomic E-state index is 11.8. The van der Waals surface area contributed by atoms with E-state index in [1.54, 1.807) is 16.8 Å². The van der Waals surface area contributed by atoms with Crippen molar-refractivity contribution in [1.29, 1.82) is 0 Å². The van der Waals surface area contributed by atoms with Crippen LogP contribution in [0.1, 0.15) is 51.6 Å². The molecule has 0 amide bonds. The lowest BCUT2D eigenvalue weighted by Crippen LogP contribution is -2.11. The molecule has 41 heavy (non-hydrogen) atoms. The largest absolute Gasteiger partial charge is 0.476 e. The second kappa shape index (κ2) is 10.3. The Morgan fingerprint density at radius 3 is 2.46 bits per heavy atom. The Balaban J connectivity index is 1.53. The molecule has 0 bridgehead atoms. The van der Waals surface area contributed by atoms with Crippen molar-refractivity contribution in [3.63, 3.8) is 0 Å². The van der Waals surface area contributed by atoms with E-state index in [1.807, 2.05) is 37.3 Å². The van der Waals surface area contributed by atoms with E-state index in [1.165, 1.54) is 28.8 Å². The van der Waals surface area contributed by atoms with Gasteiger partial charge in [-0.25, -0.2) is 28.0 Å². The number of hydrogen-bond donors (Lipinski definition) is 3. The number of thiazole rings is 1. The number of aromatic nitrogens is 3. The highest BCUT2D eigenvalue weighted by molar-refractivity contribution is 7.89. The van der Waals surface area contributed by atoms with Crippen molar-refractivity contribution in [1.82, 2.24) is 14.8 Å². The average Bonchev–Trinajstić information content (AvgIpc) is 3.52. The van der Waals surface area contributed by atoms with Gasteiger partial charge in [0.2, 0.25) is 15.2 Å². The average molecular weight is 586 g/mol. The third-order valence-electron chi connectivity index (χ3n) is 7.22. The van der Waals surface area contributed by atoms with Crippen LogP contribution in [-0.2, 0) is 16.4 Å². The summed E-state index contributed by atoms with van der Waals surface area (Å²) in [5.74, 6) is -0.834. The summed E-state index contributed by atoms with van der Waals surface area (Å²) < 4.78 is 25.4. The van der Waals surface area contributed by atoms with Gasteiger partial charge in [-0.1, -0.05) is 36.4 Å². The molecule has 3 aromatic carbocycles. The Morgan fingerprint density at radius 1 is 1.07 bits per heavy atom. The van der Waals surface area contributed by atoms with Crippen LogP contribution in [0.3, 0.4) is 0 Å². The normalized spacial score (nSPS) is 13.4. The fraction of sp³-hybridized carbons (Fsp3) is 0.167. The summed E-state index contributed by atoms with van der Waals surface area (Å²) in [4.78, 5) is 16.0. The van der Waals surface area contributed by atoms with Gasteiger partial charge in [0.1, 0.15) is 0 Å². The van der Waals surface area contributed by atoms with Crippen LogP contribution in [0.4, 0.5) is 5.69 Å². The first kappa shape index (κ1) is 26.9. The minimum absolute atomic E-state index is 0.0248. The summed E-state index contributed by atoms with van der Waals surface area (Å²) in [5.41, 5.74) is 14.4. The maximum absolute atomic E-state index is 11.8. The van der Waals surface area contributed by atoms with Crippen LogP contribution < -0.4 is 10.9 Å². The molecule has 11 heteroatoms. The van der Waals surface area contributed by atoms with Gasteiger partial charge < -0.3 is 10.8 Å². The molecular weight excluding hydrogens is 558 g/mol. The zero-order chi connectivity index (χ0) is 28.9. The van der Waals surface area contributed by atoms with Crippen LogP contribution in [0.2, 0.25) is 0 Å². The second-order valence-corrected chi connectivity index (χ2v) is 12.6. The van der Waals surface area contributed by atoms with E-state index in [9.17, 15) is 18.3 Å². The molecule has 2 aromatic heterocycles. The first-order valence-corrected chi connectivity index (χ1v) is 15.4. The number of aryl methyl sites for hydroxylation is 1. The highest BCUT2D eigenvalue weighted by Gasteiger charge is 2.34. The van der Waals surface area contributed by atoms with Gasteiger partial charge in [-0.05, 0) is 72.4 Å². The molecule has 1 fully saturated rings. The van der Waals surface area contributed by atoms with E-state index in [4.69, 9.17) is 16.0 Å². The number of nitrogen functional groups attached to an aromatic ring is 1. The second-order valence-electron chi connectivity index (χ2n) is 10.2. The molecule has 0 atom stereocenters. The van der Waals surface area contributed by atoms with E-state index >= 15 is 0 Å². The van der Waals surface area contributed by atoms with Gasteiger partial charge in [0.05, 0.1) is 16.3 Å². The van der Waals surface area contributed by atoms with Crippen LogP contribution in [0.15, 0.2) is 77.0 Å². The first-order valence-electron chi connectivity index (χ1n) is 13.0.